The number of ether oxygens (including phenoxy) is 3. The van der Waals surface area contributed by atoms with E-state index in [1.165, 1.54) is 11.1 Å². The number of carbonyl (C=O) groups excluding carboxylic acids is 1. The Morgan fingerprint density at radius 2 is 1.39 bits per heavy atom. The van der Waals surface area contributed by atoms with Crippen molar-refractivity contribution in [3.05, 3.63) is 53.1 Å². The molecule has 0 amide bonds. The van der Waals surface area contributed by atoms with Crippen molar-refractivity contribution in [3.8, 4) is 17.2 Å². The highest BCUT2D eigenvalue weighted by Gasteiger charge is 2.23. The zero-order valence-corrected chi connectivity index (χ0v) is 18.1. The number of hydrogen-bond donors (Lipinski definition) is 0. The molecule has 0 unspecified atom stereocenters. The molecule has 2 rings (SSSR count). The summed E-state index contributed by atoms with van der Waals surface area (Å²) >= 11 is 0. The lowest BCUT2D eigenvalue weighted by Gasteiger charge is -2.27. The summed E-state index contributed by atoms with van der Waals surface area (Å²) in [6.07, 6.45) is 0.782. The molecule has 0 saturated carbocycles. The van der Waals surface area contributed by atoms with Crippen LogP contribution >= 0.6 is 0 Å². The quantitative estimate of drug-likeness (QED) is 0.463. The van der Waals surface area contributed by atoms with E-state index in [4.69, 9.17) is 14.2 Å². The van der Waals surface area contributed by atoms with Gasteiger partial charge >= 0.3 is 0 Å². The monoisotopic (exact) mass is 384 g/mol. The Morgan fingerprint density at radius 3 is 1.93 bits per heavy atom. The smallest absolute Gasteiger partial charge is 0.161 e. The van der Waals surface area contributed by atoms with Gasteiger partial charge in [0.05, 0.1) is 7.11 Å². The summed E-state index contributed by atoms with van der Waals surface area (Å²) in [6.45, 7) is 14.0. The van der Waals surface area contributed by atoms with Gasteiger partial charge < -0.3 is 14.2 Å². The van der Waals surface area contributed by atoms with Crippen LogP contribution in [0.1, 0.15) is 63.0 Å². The summed E-state index contributed by atoms with van der Waals surface area (Å²) in [5.74, 6) is 2.01. The number of benzene rings is 2. The minimum absolute atomic E-state index is 0.0225. The van der Waals surface area contributed by atoms with E-state index in [0.29, 0.717) is 30.3 Å². The molecule has 0 aliphatic carbocycles. The number of hydrogen-bond acceptors (Lipinski definition) is 4. The highest BCUT2D eigenvalue weighted by Crippen LogP contribution is 2.35. The molecule has 0 aromatic heterocycles. The predicted octanol–water partition coefficient (Wildman–Crippen LogP) is 5.56. The average molecular weight is 385 g/mol. The van der Waals surface area contributed by atoms with Crippen molar-refractivity contribution >= 4 is 6.29 Å². The Balaban J connectivity index is 2.08. The molecule has 0 fully saturated rings. The third-order valence-electron chi connectivity index (χ3n) is 4.58. The number of carbonyl (C=O) groups is 1. The van der Waals surface area contributed by atoms with Gasteiger partial charge in [0.15, 0.2) is 11.5 Å². The molecule has 0 radical (unpaired) electrons. The van der Waals surface area contributed by atoms with Gasteiger partial charge in [-0.05, 0) is 46.2 Å². The maximum atomic E-state index is 10.9. The van der Waals surface area contributed by atoms with Crippen molar-refractivity contribution in [3.63, 3.8) is 0 Å². The summed E-state index contributed by atoms with van der Waals surface area (Å²) < 4.78 is 17.1. The lowest BCUT2D eigenvalue weighted by molar-refractivity contribution is 0.112. The van der Waals surface area contributed by atoms with Crippen molar-refractivity contribution in [1.29, 1.82) is 0 Å². The maximum absolute atomic E-state index is 10.9. The lowest BCUT2D eigenvalue weighted by atomic mass is 9.80. The Bertz CT molecular complexity index is 810. The summed E-state index contributed by atoms with van der Waals surface area (Å²) in [6, 6.07) is 11.5. The fourth-order valence-corrected chi connectivity index (χ4v) is 2.89. The van der Waals surface area contributed by atoms with Crippen LogP contribution in [0, 0.1) is 0 Å². The summed E-state index contributed by atoms with van der Waals surface area (Å²) in [7, 11) is 1.56. The molecule has 0 aliphatic rings. The zero-order valence-electron chi connectivity index (χ0n) is 18.1. The molecule has 0 atom stereocenters. The second-order valence-electron chi connectivity index (χ2n) is 8.94. The minimum atomic E-state index is -0.0225. The van der Waals surface area contributed by atoms with E-state index in [1.54, 1.807) is 25.3 Å². The van der Waals surface area contributed by atoms with Crippen molar-refractivity contribution in [1.82, 2.24) is 0 Å². The van der Waals surface area contributed by atoms with Crippen LogP contribution in [0.25, 0.3) is 0 Å². The normalized spacial score (nSPS) is 11.8. The van der Waals surface area contributed by atoms with Gasteiger partial charge in [0, 0.05) is 5.56 Å². The molecule has 0 saturated heterocycles. The van der Waals surface area contributed by atoms with Crippen molar-refractivity contribution < 1.29 is 19.0 Å². The first-order chi connectivity index (χ1) is 13.1. The van der Waals surface area contributed by atoms with Gasteiger partial charge in [0.25, 0.3) is 0 Å². The van der Waals surface area contributed by atoms with E-state index in [9.17, 15) is 4.79 Å². The Labute approximate surface area is 168 Å². The van der Waals surface area contributed by atoms with Crippen LogP contribution < -0.4 is 14.2 Å². The molecule has 0 aliphatic heterocycles. The largest absolute Gasteiger partial charge is 0.493 e. The Hall–Kier alpha value is -2.49. The van der Waals surface area contributed by atoms with Crippen LogP contribution in [0.3, 0.4) is 0 Å². The predicted molar refractivity (Wildman–Crippen MR) is 113 cm³/mol. The van der Waals surface area contributed by atoms with E-state index in [2.05, 4.69) is 59.7 Å². The SMILES string of the molecule is COc1cc(C=O)ccc1OCCOc1ccc(C(C)(C)C)cc1C(C)(C)C. The van der Waals surface area contributed by atoms with Gasteiger partial charge in [-0.25, -0.2) is 0 Å². The number of methoxy groups -OCH3 is 1. The molecule has 0 heterocycles. The van der Waals surface area contributed by atoms with Gasteiger partial charge in [0.2, 0.25) is 0 Å². The summed E-state index contributed by atoms with van der Waals surface area (Å²) in [5, 5.41) is 0. The van der Waals surface area contributed by atoms with E-state index < -0.39 is 0 Å². The topological polar surface area (TPSA) is 44.8 Å². The van der Waals surface area contributed by atoms with Crippen LogP contribution in [0.15, 0.2) is 36.4 Å². The highest BCUT2D eigenvalue weighted by molar-refractivity contribution is 5.76. The minimum Gasteiger partial charge on any atom is -0.493 e. The van der Waals surface area contributed by atoms with Crippen molar-refractivity contribution in [2.24, 2.45) is 0 Å². The van der Waals surface area contributed by atoms with Gasteiger partial charge in [-0.3, -0.25) is 4.79 Å². The standard InChI is InChI=1S/C24H32O4/c1-23(2,3)18-9-11-20(19(15-18)24(4,5)6)27-12-13-28-21-10-8-17(16-25)14-22(21)26-7/h8-11,14-16H,12-13H2,1-7H3. The molecule has 152 valence electrons. The van der Waals surface area contributed by atoms with Crippen LogP contribution in [-0.2, 0) is 10.8 Å². The maximum Gasteiger partial charge on any atom is 0.161 e. The molecule has 2 aromatic carbocycles. The van der Waals surface area contributed by atoms with Crippen LogP contribution in [0.5, 0.6) is 17.2 Å². The zero-order chi connectivity index (χ0) is 20.9. The lowest BCUT2D eigenvalue weighted by Crippen LogP contribution is -2.19. The summed E-state index contributed by atoms with van der Waals surface area (Å²) in [4.78, 5) is 10.9. The van der Waals surface area contributed by atoms with Crippen LogP contribution in [-0.4, -0.2) is 26.6 Å². The molecule has 4 heteroatoms. The molecular weight excluding hydrogens is 352 g/mol. The Morgan fingerprint density at radius 1 is 0.786 bits per heavy atom. The van der Waals surface area contributed by atoms with Gasteiger partial charge in [0.1, 0.15) is 25.2 Å². The summed E-state index contributed by atoms with van der Waals surface area (Å²) in [5.41, 5.74) is 3.10. The highest BCUT2D eigenvalue weighted by atomic mass is 16.5. The molecule has 4 nitrogen and oxygen atoms in total. The van der Waals surface area contributed by atoms with Crippen molar-refractivity contribution in [2.45, 2.75) is 52.4 Å². The third-order valence-corrected chi connectivity index (χ3v) is 4.58. The first kappa shape index (κ1) is 21.8. The van der Waals surface area contributed by atoms with Gasteiger partial charge in [-0.15, -0.1) is 0 Å². The van der Waals surface area contributed by atoms with Crippen molar-refractivity contribution in [2.75, 3.05) is 20.3 Å². The van der Waals surface area contributed by atoms with Gasteiger partial charge in [-0.2, -0.15) is 0 Å². The van der Waals surface area contributed by atoms with Crippen LogP contribution in [0.4, 0.5) is 0 Å². The number of aldehydes is 1. The fraction of sp³-hybridized carbons (Fsp3) is 0.458. The second kappa shape index (κ2) is 8.68. The van der Waals surface area contributed by atoms with E-state index in [1.807, 2.05) is 0 Å². The first-order valence-corrected chi connectivity index (χ1v) is 9.60. The molecule has 28 heavy (non-hydrogen) atoms. The van der Waals surface area contributed by atoms with E-state index >= 15 is 0 Å². The second-order valence-corrected chi connectivity index (χ2v) is 8.94. The number of rotatable bonds is 7. The van der Waals surface area contributed by atoms with E-state index in [0.717, 1.165) is 12.0 Å². The molecular formula is C24H32O4. The van der Waals surface area contributed by atoms with E-state index in [-0.39, 0.29) is 10.8 Å². The molecule has 0 bridgehead atoms. The first-order valence-electron chi connectivity index (χ1n) is 9.60. The molecule has 0 spiro atoms. The van der Waals surface area contributed by atoms with Crippen LogP contribution in [0.2, 0.25) is 0 Å². The van der Waals surface area contributed by atoms with Gasteiger partial charge in [-0.1, -0.05) is 53.7 Å². The fourth-order valence-electron chi connectivity index (χ4n) is 2.89. The molecule has 0 N–H and O–H groups in total. The molecule has 2 aromatic rings. The third kappa shape index (κ3) is 5.51. The average Bonchev–Trinajstić information content (AvgIpc) is 2.63. The Kier molecular flexibility index (Phi) is 6.76.